The van der Waals surface area contributed by atoms with E-state index in [9.17, 15) is 20.2 Å². The Balaban J connectivity index is 0. The minimum Gasteiger partial charge on any atom is -0.496 e. The Morgan fingerprint density at radius 3 is 1.69 bits per heavy atom. The van der Waals surface area contributed by atoms with Crippen LogP contribution in [0, 0.1) is 20.2 Å². The van der Waals surface area contributed by atoms with E-state index >= 15 is 0 Å². The molecule has 0 aliphatic carbocycles. The van der Waals surface area contributed by atoms with Crippen molar-refractivity contribution in [2.75, 3.05) is 14.2 Å². The fraction of sp³-hybridized carbons (Fsp3) is 0.250. The molecule has 0 bridgehead atoms. The number of azide groups is 1. The summed E-state index contributed by atoms with van der Waals surface area (Å²) in [5, 5.41) is 24.8. The zero-order valence-electron chi connectivity index (χ0n) is 17.3. The van der Waals surface area contributed by atoms with Crippen molar-refractivity contribution in [2.24, 2.45) is 5.11 Å². The SMILES string of the molecule is COc1ccc([N+](=O)[O-])cc1CBr.COc1ccc([N+](=O)[O-])cc1CN=[N+]=[N-].[N-]=[N+]=[N-].[Na+]. The molecule has 0 aromatic heterocycles. The monoisotopic (exact) mass is 518 g/mol. The number of hydrogen-bond acceptors (Lipinski definition) is 7. The van der Waals surface area contributed by atoms with E-state index in [2.05, 4.69) is 26.0 Å². The second-order valence-electron chi connectivity index (χ2n) is 5.12. The van der Waals surface area contributed by atoms with E-state index < -0.39 is 9.85 Å². The zero-order chi connectivity index (χ0) is 23.8. The maximum Gasteiger partial charge on any atom is 1.00 e. The summed E-state index contributed by atoms with van der Waals surface area (Å²) in [6.45, 7) is 0.0291. The number of methoxy groups -OCH3 is 2. The summed E-state index contributed by atoms with van der Waals surface area (Å²) in [6.07, 6.45) is 0. The zero-order valence-corrected chi connectivity index (χ0v) is 20.9. The summed E-state index contributed by atoms with van der Waals surface area (Å²) in [5.74, 6) is 1.12. The van der Waals surface area contributed by atoms with Gasteiger partial charge in [0.15, 0.2) is 0 Å². The van der Waals surface area contributed by atoms with Crippen molar-refractivity contribution in [1.82, 2.24) is 0 Å². The van der Waals surface area contributed by atoms with E-state index in [1.165, 1.54) is 49.5 Å². The van der Waals surface area contributed by atoms with E-state index in [0.717, 1.165) is 5.56 Å². The van der Waals surface area contributed by atoms with Crippen molar-refractivity contribution in [1.29, 1.82) is 0 Å². The van der Waals surface area contributed by atoms with Crippen molar-refractivity contribution >= 4 is 27.3 Å². The van der Waals surface area contributed by atoms with E-state index in [4.69, 9.17) is 26.1 Å². The van der Waals surface area contributed by atoms with E-state index in [1.807, 2.05) is 0 Å². The number of nitro benzene ring substituents is 2. The third-order valence-electron chi connectivity index (χ3n) is 3.40. The average molecular weight is 519 g/mol. The molecule has 0 aliphatic heterocycles. The van der Waals surface area contributed by atoms with Crippen molar-refractivity contribution in [3.8, 4) is 11.5 Å². The number of nitro groups is 2. The molecule has 0 atom stereocenters. The molecular formula is C16H16BrN8NaO6. The largest absolute Gasteiger partial charge is 1.00 e. The first-order valence-electron chi connectivity index (χ1n) is 7.97. The van der Waals surface area contributed by atoms with Crippen molar-refractivity contribution in [3.05, 3.63) is 94.2 Å². The molecule has 2 aromatic carbocycles. The van der Waals surface area contributed by atoms with Gasteiger partial charge in [0.25, 0.3) is 11.4 Å². The van der Waals surface area contributed by atoms with Crippen molar-refractivity contribution in [2.45, 2.75) is 11.9 Å². The van der Waals surface area contributed by atoms with Crippen LogP contribution in [0.15, 0.2) is 41.5 Å². The topological polar surface area (TPSA) is 212 Å². The van der Waals surface area contributed by atoms with E-state index in [1.54, 1.807) is 6.07 Å². The summed E-state index contributed by atoms with van der Waals surface area (Å²) in [4.78, 5) is 24.0. The Morgan fingerprint density at radius 2 is 1.34 bits per heavy atom. The van der Waals surface area contributed by atoms with Gasteiger partial charge in [-0.3, -0.25) is 25.1 Å². The van der Waals surface area contributed by atoms with Crippen LogP contribution in [0.2, 0.25) is 0 Å². The molecule has 16 heteroatoms. The Bertz CT molecular complexity index is 996. The summed E-state index contributed by atoms with van der Waals surface area (Å²) < 4.78 is 9.99. The normalized spacial score (nSPS) is 8.47. The molecule has 0 radical (unpaired) electrons. The molecule has 0 fully saturated rings. The average Bonchev–Trinajstić information content (AvgIpc) is 2.77. The van der Waals surface area contributed by atoms with Crippen LogP contribution in [0.5, 0.6) is 11.5 Å². The molecule has 164 valence electrons. The molecular weight excluding hydrogens is 503 g/mol. The van der Waals surface area contributed by atoms with Crippen LogP contribution in [0.4, 0.5) is 11.4 Å². The molecule has 14 nitrogen and oxygen atoms in total. The van der Waals surface area contributed by atoms with Crippen molar-refractivity contribution < 1.29 is 48.9 Å². The number of alkyl halides is 1. The summed E-state index contributed by atoms with van der Waals surface area (Å²) in [6, 6.07) is 8.64. The molecule has 0 amide bonds. The summed E-state index contributed by atoms with van der Waals surface area (Å²) >= 11 is 3.23. The van der Waals surface area contributed by atoms with E-state index in [0.29, 0.717) is 22.4 Å². The number of hydrogen-bond donors (Lipinski definition) is 0. The Hall–Kier alpha value is -3.06. The molecule has 0 N–H and O–H groups in total. The van der Waals surface area contributed by atoms with Crippen LogP contribution >= 0.6 is 15.9 Å². The molecule has 2 aromatic rings. The predicted molar refractivity (Wildman–Crippen MR) is 115 cm³/mol. The predicted octanol–water partition coefficient (Wildman–Crippen LogP) is 2.78. The van der Waals surface area contributed by atoms with Crippen LogP contribution in [-0.4, -0.2) is 24.1 Å². The van der Waals surface area contributed by atoms with Gasteiger partial charge in [-0.2, -0.15) is 0 Å². The molecule has 0 aliphatic rings. The maximum absolute atomic E-state index is 10.5. The van der Waals surface area contributed by atoms with Gasteiger partial charge in [0.2, 0.25) is 0 Å². The quantitative estimate of drug-likeness (QED) is 0.102. The second-order valence-corrected chi connectivity index (χ2v) is 5.68. The van der Waals surface area contributed by atoms with Crippen molar-refractivity contribution in [3.63, 3.8) is 0 Å². The van der Waals surface area contributed by atoms with Gasteiger partial charge >= 0.3 is 29.6 Å². The van der Waals surface area contributed by atoms with Gasteiger partial charge in [0.05, 0.1) is 30.6 Å². The second kappa shape index (κ2) is 17.6. The van der Waals surface area contributed by atoms with Gasteiger partial charge in [-0.15, -0.1) is 0 Å². The number of benzene rings is 2. The summed E-state index contributed by atoms with van der Waals surface area (Å²) in [5.41, 5.74) is 22.9. The maximum atomic E-state index is 10.5. The Morgan fingerprint density at radius 1 is 0.938 bits per heavy atom. The van der Waals surface area contributed by atoms with Crippen LogP contribution < -0.4 is 39.0 Å². The van der Waals surface area contributed by atoms with Gasteiger partial charge in [-0.1, -0.05) is 21.0 Å². The first-order chi connectivity index (χ1) is 14.8. The van der Waals surface area contributed by atoms with Gasteiger partial charge in [-0.05, 0) is 17.7 Å². The Kier molecular flexibility index (Phi) is 17.1. The number of nitrogens with zero attached hydrogens (tertiary/aromatic N) is 8. The van der Waals surface area contributed by atoms with Crippen LogP contribution in [0.1, 0.15) is 11.1 Å². The minimum absolute atomic E-state index is 0. The molecule has 0 spiro atoms. The third kappa shape index (κ3) is 10.8. The van der Waals surface area contributed by atoms with Gasteiger partial charge in [0, 0.05) is 45.6 Å². The van der Waals surface area contributed by atoms with Crippen LogP contribution in [0.3, 0.4) is 0 Å². The number of halogens is 1. The number of rotatable bonds is 7. The Labute approximate surface area is 212 Å². The molecule has 32 heavy (non-hydrogen) atoms. The first kappa shape index (κ1) is 31.1. The molecule has 0 saturated carbocycles. The fourth-order valence-electron chi connectivity index (χ4n) is 2.09. The summed E-state index contributed by atoms with van der Waals surface area (Å²) in [7, 11) is 2.98. The number of non-ortho nitro benzene ring substituents is 2. The van der Waals surface area contributed by atoms with Crippen LogP contribution in [0.25, 0.3) is 26.4 Å². The molecule has 2 rings (SSSR count). The number of ether oxygens (including phenoxy) is 2. The smallest absolute Gasteiger partial charge is 0.496 e. The van der Waals surface area contributed by atoms with Gasteiger partial charge in [0.1, 0.15) is 11.5 Å². The third-order valence-corrected chi connectivity index (χ3v) is 4.00. The van der Waals surface area contributed by atoms with E-state index in [-0.39, 0.29) is 47.5 Å². The molecule has 0 saturated heterocycles. The minimum atomic E-state index is -0.515. The molecule has 0 unspecified atom stereocenters. The molecule has 0 heterocycles. The van der Waals surface area contributed by atoms with Gasteiger partial charge in [-0.25, -0.2) is 0 Å². The fourth-order valence-corrected chi connectivity index (χ4v) is 2.53. The van der Waals surface area contributed by atoms with Gasteiger partial charge < -0.3 is 20.5 Å². The van der Waals surface area contributed by atoms with Crippen LogP contribution in [-0.2, 0) is 11.9 Å². The standard InChI is InChI=1S/C8H8BrNO3.C8H8N4O3.N3.Na/c1-13-8-3-2-7(10(11)12)4-6(8)5-9;1-15-8-3-2-7(12(13)14)4-6(8)5-10-11-9;1-3-2;/h2-4H,5H2,1H3;2-4H,5H2,1H3;;/q;;-1;+1. The first-order valence-corrected chi connectivity index (χ1v) is 9.09.